The van der Waals surface area contributed by atoms with E-state index in [1.54, 1.807) is 12.1 Å². The first-order chi connectivity index (χ1) is 11.6. The summed E-state index contributed by atoms with van der Waals surface area (Å²) < 4.78 is 1.53. The van der Waals surface area contributed by atoms with E-state index < -0.39 is 5.97 Å². The number of carboxylic acids is 1. The molecule has 3 fully saturated rings. The van der Waals surface area contributed by atoms with Gasteiger partial charge in [-0.2, -0.15) is 0 Å². The standard InChI is InChI=1S/C17H22N4O3/c22-16(23)12-2-1-3-13-15(12)21(17(24)19-13)9-6-18-14-10-20-7-4-11(14)5-8-20/h1-3,11,14,18H,4-10H2,(H,19,24)(H,22,23)/t14-/m0/s1. The second-order valence-electron chi connectivity index (χ2n) is 6.79. The molecule has 128 valence electrons. The number of piperidine rings is 3. The molecule has 7 nitrogen and oxygen atoms in total. The molecule has 0 spiro atoms. The van der Waals surface area contributed by atoms with Crippen molar-refractivity contribution in [1.82, 2.24) is 19.8 Å². The molecule has 0 amide bonds. The Morgan fingerprint density at radius 1 is 1.33 bits per heavy atom. The van der Waals surface area contributed by atoms with Gasteiger partial charge in [0.05, 0.1) is 16.6 Å². The summed E-state index contributed by atoms with van der Waals surface area (Å²) in [5.41, 5.74) is 0.955. The molecule has 3 N–H and O–H groups in total. The van der Waals surface area contributed by atoms with Crippen LogP contribution in [0.3, 0.4) is 0 Å². The molecular weight excluding hydrogens is 308 g/mol. The van der Waals surface area contributed by atoms with Gasteiger partial charge in [-0.15, -0.1) is 0 Å². The summed E-state index contributed by atoms with van der Waals surface area (Å²) in [6, 6.07) is 5.40. The highest BCUT2D eigenvalue weighted by Crippen LogP contribution is 2.27. The van der Waals surface area contributed by atoms with Crippen molar-refractivity contribution < 1.29 is 9.90 Å². The van der Waals surface area contributed by atoms with Crippen LogP contribution in [0.1, 0.15) is 23.2 Å². The van der Waals surface area contributed by atoms with Gasteiger partial charge in [0.15, 0.2) is 0 Å². The number of H-pyrrole nitrogens is 1. The Hall–Kier alpha value is -2.12. The number of para-hydroxylation sites is 1. The first kappa shape index (κ1) is 15.4. The Balaban J connectivity index is 1.51. The summed E-state index contributed by atoms with van der Waals surface area (Å²) in [4.78, 5) is 28.9. The number of hydrogen-bond acceptors (Lipinski definition) is 4. The largest absolute Gasteiger partial charge is 0.478 e. The average molecular weight is 330 g/mol. The predicted octanol–water partition coefficient (Wildman–Crippen LogP) is 0.712. The molecule has 3 aliphatic heterocycles. The van der Waals surface area contributed by atoms with Crippen LogP contribution in [0.15, 0.2) is 23.0 Å². The number of nitrogens with zero attached hydrogens (tertiary/aromatic N) is 2. The number of nitrogens with one attached hydrogen (secondary N) is 2. The molecule has 0 radical (unpaired) electrons. The van der Waals surface area contributed by atoms with E-state index in [1.807, 2.05) is 0 Å². The van der Waals surface area contributed by atoms with Crippen LogP contribution in [-0.4, -0.2) is 57.7 Å². The van der Waals surface area contributed by atoms with Crippen LogP contribution in [0.4, 0.5) is 0 Å². The van der Waals surface area contributed by atoms with Crippen molar-refractivity contribution in [3.63, 3.8) is 0 Å². The van der Waals surface area contributed by atoms with E-state index in [9.17, 15) is 14.7 Å². The van der Waals surface area contributed by atoms with Gasteiger partial charge in [-0.05, 0) is 44.0 Å². The molecule has 3 saturated heterocycles. The highest BCUT2D eigenvalue weighted by Gasteiger charge is 2.33. The molecule has 7 heteroatoms. The quantitative estimate of drug-likeness (QED) is 0.751. The molecule has 24 heavy (non-hydrogen) atoms. The van der Waals surface area contributed by atoms with E-state index in [4.69, 9.17) is 0 Å². The summed E-state index contributed by atoms with van der Waals surface area (Å²) in [6.07, 6.45) is 2.49. The highest BCUT2D eigenvalue weighted by atomic mass is 16.4. The molecule has 3 aliphatic rings. The Labute approximate surface area is 139 Å². The highest BCUT2D eigenvalue weighted by molar-refractivity contribution is 6.01. The van der Waals surface area contributed by atoms with Crippen molar-refractivity contribution in [2.45, 2.75) is 25.4 Å². The summed E-state index contributed by atoms with van der Waals surface area (Å²) in [7, 11) is 0. The lowest BCUT2D eigenvalue weighted by molar-refractivity contribution is 0.0698. The lowest BCUT2D eigenvalue weighted by Gasteiger charge is -2.45. The number of aromatic carboxylic acids is 1. The number of carboxylic acid groups (broad SMARTS) is 1. The third kappa shape index (κ3) is 2.63. The second kappa shape index (κ2) is 6.07. The summed E-state index contributed by atoms with van der Waals surface area (Å²) in [5, 5.41) is 12.9. The van der Waals surface area contributed by atoms with Crippen LogP contribution < -0.4 is 11.0 Å². The summed E-state index contributed by atoms with van der Waals surface area (Å²) in [5.74, 6) is -0.289. The number of imidazole rings is 1. The fourth-order valence-electron chi connectivity index (χ4n) is 4.16. The lowest BCUT2D eigenvalue weighted by atomic mass is 9.84. The zero-order chi connectivity index (χ0) is 16.7. The van der Waals surface area contributed by atoms with E-state index in [1.165, 1.54) is 36.6 Å². The van der Waals surface area contributed by atoms with Gasteiger partial charge in [-0.25, -0.2) is 9.59 Å². The van der Waals surface area contributed by atoms with E-state index in [-0.39, 0.29) is 11.3 Å². The van der Waals surface area contributed by atoms with E-state index in [2.05, 4.69) is 15.2 Å². The summed E-state index contributed by atoms with van der Waals surface area (Å²) >= 11 is 0. The van der Waals surface area contributed by atoms with Gasteiger partial charge in [0, 0.05) is 25.7 Å². The summed E-state index contributed by atoms with van der Waals surface area (Å²) in [6.45, 7) is 4.61. The third-order valence-corrected chi connectivity index (χ3v) is 5.42. The number of benzene rings is 1. The van der Waals surface area contributed by atoms with E-state index in [0.717, 1.165) is 12.5 Å². The Kier molecular flexibility index (Phi) is 3.90. The number of rotatable bonds is 5. The van der Waals surface area contributed by atoms with Gasteiger partial charge in [0.2, 0.25) is 0 Å². The van der Waals surface area contributed by atoms with Gasteiger partial charge in [-0.1, -0.05) is 6.07 Å². The van der Waals surface area contributed by atoms with Gasteiger partial charge in [0.1, 0.15) is 0 Å². The van der Waals surface area contributed by atoms with Crippen molar-refractivity contribution >= 4 is 17.0 Å². The molecular formula is C17H22N4O3. The van der Waals surface area contributed by atoms with Crippen LogP contribution in [0, 0.1) is 5.92 Å². The second-order valence-corrected chi connectivity index (χ2v) is 6.79. The van der Waals surface area contributed by atoms with Crippen molar-refractivity contribution in [3.8, 4) is 0 Å². The minimum Gasteiger partial charge on any atom is -0.478 e. The Bertz CT molecular complexity index is 817. The molecule has 1 atom stereocenters. The smallest absolute Gasteiger partial charge is 0.337 e. The van der Waals surface area contributed by atoms with Crippen molar-refractivity contribution in [1.29, 1.82) is 0 Å². The first-order valence-electron chi connectivity index (χ1n) is 8.54. The monoisotopic (exact) mass is 330 g/mol. The van der Waals surface area contributed by atoms with Crippen molar-refractivity contribution in [2.75, 3.05) is 26.2 Å². The lowest BCUT2D eigenvalue weighted by Crippen LogP contribution is -2.56. The zero-order valence-electron chi connectivity index (χ0n) is 13.5. The molecule has 2 aromatic rings. The number of aromatic nitrogens is 2. The molecule has 1 aromatic carbocycles. The van der Waals surface area contributed by atoms with Gasteiger partial charge < -0.3 is 20.3 Å². The Morgan fingerprint density at radius 3 is 2.79 bits per heavy atom. The minimum atomic E-state index is -1.02. The van der Waals surface area contributed by atoms with Crippen molar-refractivity contribution in [3.05, 3.63) is 34.2 Å². The maximum atomic E-state index is 12.2. The number of aromatic amines is 1. The van der Waals surface area contributed by atoms with Crippen LogP contribution in [0.5, 0.6) is 0 Å². The van der Waals surface area contributed by atoms with Crippen molar-refractivity contribution in [2.24, 2.45) is 5.92 Å². The SMILES string of the molecule is O=C(O)c1cccc2[nH]c(=O)n(CCN[C@H]3CN4CCC3CC4)c12. The molecule has 0 unspecified atom stereocenters. The maximum absolute atomic E-state index is 12.2. The molecule has 2 bridgehead atoms. The minimum absolute atomic E-state index is 0.161. The normalized spacial score (nSPS) is 26.1. The number of carbonyl (C=O) groups is 1. The van der Waals surface area contributed by atoms with E-state index in [0.29, 0.717) is 30.2 Å². The topological polar surface area (TPSA) is 90.4 Å². The molecule has 0 saturated carbocycles. The molecule has 4 heterocycles. The maximum Gasteiger partial charge on any atom is 0.337 e. The Morgan fingerprint density at radius 2 is 2.12 bits per heavy atom. The van der Waals surface area contributed by atoms with Gasteiger partial charge >= 0.3 is 11.7 Å². The van der Waals surface area contributed by atoms with Gasteiger partial charge in [0.25, 0.3) is 0 Å². The molecule has 0 aliphatic carbocycles. The van der Waals surface area contributed by atoms with Crippen LogP contribution in [0.25, 0.3) is 11.0 Å². The zero-order valence-corrected chi connectivity index (χ0v) is 13.5. The average Bonchev–Trinajstić information content (AvgIpc) is 2.91. The number of hydrogen-bond donors (Lipinski definition) is 3. The van der Waals surface area contributed by atoms with E-state index >= 15 is 0 Å². The predicted molar refractivity (Wildman–Crippen MR) is 90.5 cm³/mol. The fourth-order valence-corrected chi connectivity index (χ4v) is 4.16. The molecule has 5 rings (SSSR count). The molecule has 1 aromatic heterocycles. The fraction of sp³-hybridized carbons (Fsp3) is 0.529. The number of fused-ring (bicyclic) bond motifs is 4. The third-order valence-electron chi connectivity index (χ3n) is 5.42. The van der Waals surface area contributed by atoms with Crippen LogP contribution >= 0.6 is 0 Å². The first-order valence-corrected chi connectivity index (χ1v) is 8.54. The van der Waals surface area contributed by atoms with Crippen LogP contribution in [-0.2, 0) is 6.54 Å². The van der Waals surface area contributed by atoms with Crippen LogP contribution in [0.2, 0.25) is 0 Å². The van der Waals surface area contributed by atoms with Gasteiger partial charge in [-0.3, -0.25) is 4.57 Å².